The van der Waals surface area contributed by atoms with Crippen molar-refractivity contribution in [1.29, 1.82) is 0 Å². The quantitative estimate of drug-likeness (QED) is 0.771. The molecule has 3 aromatic rings. The van der Waals surface area contributed by atoms with Crippen LogP contribution in [0, 0.1) is 5.82 Å². The summed E-state index contributed by atoms with van der Waals surface area (Å²) in [4.78, 5) is 13.1. The molecule has 0 atom stereocenters. The van der Waals surface area contributed by atoms with Crippen LogP contribution in [0.4, 0.5) is 4.39 Å². The molecule has 0 aliphatic rings. The second-order valence-corrected chi connectivity index (χ2v) is 5.49. The number of nitrogens with zero attached hydrogens (tertiary/aromatic N) is 4. The average molecular weight is 346 g/mol. The van der Waals surface area contributed by atoms with Crippen LogP contribution in [0.5, 0.6) is 0 Å². The van der Waals surface area contributed by atoms with Gasteiger partial charge in [-0.3, -0.25) is 4.79 Å². The molecule has 0 fully saturated rings. The van der Waals surface area contributed by atoms with Crippen molar-refractivity contribution in [3.8, 4) is 11.4 Å². The zero-order chi connectivity index (χ0) is 16.9. The third-order valence-corrected chi connectivity index (χ3v) is 3.50. The minimum absolute atomic E-state index is 0.0538. The van der Waals surface area contributed by atoms with Crippen molar-refractivity contribution in [3.05, 3.63) is 64.9 Å². The maximum atomic E-state index is 12.8. The molecule has 0 unspecified atom stereocenters. The highest BCUT2D eigenvalue weighted by Gasteiger charge is 2.09. The monoisotopic (exact) mass is 345 g/mol. The number of rotatable bonds is 5. The fraction of sp³-hybridized carbons (Fsp3) is 0.125. The summed E-state index contributed by atoms with van der Waals surface area (Å²) in [5.74, 6) is -0.163. The Morgan fingerprint density at radius 2 is 1.83 bits per heavy atom. The largest absolute Gasteiger partial charge is 0.350 e. The van der Waals surface area contributed by atoms with E-state index >= 15 is 0 Å². The maximum absolute atomic E-state index is 12.8. The molecule has 0 spiro atoms. The molecule has 0 radical (unpaired) electrons. The number of halogens is 2. The van der Waals surface area contributed by atoms with Crippen molar-refractivity contribution < 1.29 is 9.18 Å². The van der Waals surface area contributed by atoms with Crippen LogP contribution in [0.3, 0.4) is 0 Å². The molecule has 6 nitrogen and oxygen atoms in total. The van der Waals surface area contributed by atoms with Crippen LogP contribution in [0.2, 0.25) is 5.02 Å². The third kappa shape index (κ3) is 4.14. The predicted molar refractivity (Wildman–Crippen MR) is 86.5 cm³/mol. The van der Waals surface area contributed by atoms with E-state index in [9.17, 15) is 9.18 Å². The third-order valence-electron chi connectivity index (χ3n) is 3.24. The van der Waals surface area contributed by atoms with Crippen molar-refractivity contribution in [3.63, 3.8) is 0 Å². The number of benzene rings is 2. The first-order valence-corrected chi connectivity index (χ1v) is 7.53. The van der Waals surface area contributed by atoms with E-state index in [0.717, 1.165) is 11.1 Å². The lowest BCUT2D eigenvalue weighted by Gasteiger charge is -2.04. The Labute approximate surface area is 142 Å². The number of hydrogen-bond donors (Lipinski definition) is 1. The lowest BCUT2D eigenvalue weighted by molar-refractivity contribution is -0.122. The summed E-state index contributed by atoms with van der Waals surface area (Å²) in [6.07, 6.45) is 0. The molecule has 2 aromatic carbocycles. The van der Waals surface area contributed by atoms with E-state index in [-0.39, 0.29) is 18.3 Å². The molecule has 0 aliphatic heterocycles. The zero-order valence-corrected chi connectivity index (χ0v) is 13.2. The molecule has 0 saturated carbocycles. The summed E-state index contributed by atoms with van der Waals surface area (Å²) < 4.78 is 12.8. The van der Waals surface area contributed by atoms with Gasteiger partial charge < -0.3 is 5.32 Å². The Bertz CT molecular complexity index is 832. The van der Waals surface area contributed by atoms with E-state index < -0.39 is 0 Å². The fourth-order valence-electron chi connectivity index (χ4n) is 2.01. The standard InChI is InChI=1S/C16H13ClFN5O/c17-13-5-3-12(4-6-13)16-20-22-23(21-16)10-15(24)19-9-11-1-7-14(18)8-2-11/h1-8H,9-10H2,(H,19,24). The molecule has 0 aliphatic carbocycles. The van der Waals surface area contributed by atoms with Crippen LogP contribution in [0.25, 0.3) is 11.4 Å². The van der Waals surface area contributed by atoms with E-state index in [4.69, 9.17) is 11.6 Å². The Balaban J connectivity index is 1.57. The summed E-state index contributed by atoms with van der Waals surface area (Å²) in [6.45, 7) is 0.250. The van der Waals surface area contributed by atoms with Crippen LogP contribution >= 0.6 is 11.6 Å². The van der Waals surface area contributed by atoms with Gasteiger partial charge in [0.2, 0.25) is 11.7 Å². The van der Waals surface area contributed by atoms with Gasteiger partial charge >= 0.3 is 0 Å². The Morgan fingerprint density at radius 1 is 1.12 bits per heavy atom. The maximum Gasteiger partial charge on any atom is 0.243 e. The van der Waals surface area contributed by atoms with Crippen molar-refractivity contribution >= 4 is 17.5 Å². The van der Waals surface area contributed by atoms with Crippen molar-refractivity contribution in [2.45, 2.75) is 13.1 Å². The summed E-state index contributed by atoms with van der Waals surface area (Å²) in [6, 6.07) is 12.9. The molecule has 8 heteroatoms. The first kappa shape index (κ1) is 16.1. The van der Waals surface area contributed by atoms with Gasteiger partial charge in [-0.1, -0.05) is 23.7 Å². The fourth-order valence-corrected chi connectivity index (χ4v) is 2.14. The van der Waals surface area contributed by atoms with E-state index in [1.165, 1.54) is 16.9 Å². The van der Waals surface area contributed by atoms with Gasteiger partial charge in [0.25, 0.3) is 0 Å². The number of tetrazole rings is 1. The van der Waals surface area contributed by atoms with Crippen LogP contribution in [-0.4, -0.2) is 26.1 Å². The van der Waals surface area contributed by atoms with Crippen molar-refractivity contribution in [2.75, 3.05) is 0 Å². The van der Waals surface area contributed by atoms with Gasteiger partial charge in [-0.25, -0.2) is 4.39 Å². The normalized spacial score (nSPS) is 10.6. The van der Waals surface area contributed by atoms with Gasteiger partial charge in [-0.2, -0.15) is 4.80 Å². The zero-order valence-electron chi connectivity index (χ0n) is 12.5. The van der Waals surface area contributed by atoms with Gasteiger partial charge in [0.15, 0.2) is 0 Å². The molecular formula is C16H13ClFN5O. The topological polar surface area (TPSA) is 72.7 Å². The van der Waals surface area contributed by atoms with E-state index in [0.29, 0.717) is 17.4 Å². The lowest BCUT2D eigenvalue weighted by Crippen LogP contribution is -2.28. The minimum Gasteiger partial charge on any atom is -0.350 e. The molecule has 0 saturated heterocycles. The molecule has 1 N–H and O–H groups in total. The Kier molecular flexibility index (Phi) is 4.81. The molecule has 1 heterocycles. The summed E-state index contributed by atoms with van der Waals surface area (Å²) >= 11 is 5.83. The van der Waals surface area contributed by atoms with Gasteiger partial charge in [-0.15, -0.1) is 10.2 Å². The molecule has 24 heavy (non-hydrogen) atoms. The second kappa shape index (κ2) is 7.18. The summed E-state index contributed by atoms with van der Waals surface area (Å²) in [5, 5.41) is 15.3. The van der Waals surface area contributed by atoms with Gasteiger partial charge in [0.1, 0.15) is 12.4 Å². The first-order valence-electron chi connectivity index (χ1n) is 7.15. The van der Waals surface area contributed by atoms with Crippen LogP contribution in [0.15, 0.2) is 48.5 Å². The molecular weight excluding hydrogens is 333 g/mol. The number of hydrogen-bond acceptors (Lipinski definition) is 4. The Morgan fingerprint density at radius 3 is 2.54 bits per heavy atom. The average Bonchev–Trinajstić information content (AvgIpc) is 3.03. The first-order chi connectivity index (χ1) is 11.6. The number of carbonyl (C=O) groups is 1. The van der Waals surface area contributed by atoms with Crippen LogP contribution < -0.4 is 5.32 Å². The smallest absolute Gasteiger partial charge is 0.243 e. The highest BCUT2D eigenvalue weighted by Crippen LogP contribution is 2.16. The van der Waals surface area contributed by atoms with Crippen molar-refractivity contribution in [1.82, 2.24) is 25.5 Å². The minimum atomic E-state index is -0.313. The van der Waals surface area contributed by atoms with E-state index in [2.05, 4.69) is 20.7 Å². The van der Waals surface area contributed by atoms with Crippen LogP contribution in [-0.2, 0) is 17.9 Å². The van der Waals surface area contributed by atoms with E-state index in [1.54, 1.807) is 36.4 Å². The highest BCUT2D eigenvalue weighted by molar-refractivity contribution is 6.30. The number of aromatic nitrogens is 4. The Hall–Kier alpha value is -2.80. The summed E-state index contributed by atoms with van der Waals surface area (Å²) in [5.41, 5.74) is 1.57. The van der Waals surface area contributed by atoms with Crippen LogP contribution in [0.1, 0.15) is 5.56 Å². The van der Waals surface area contributed by atoms with Gasteiger partial charge in [0, 0.05) is 17.1 Å². The molecule has 1 amide bonds. The SMILES string of the molecule is O=C(Cn1nnc(-c2ccc(Cl)cc2)n1)NCc1ccc(F)cc1. The molecule has 1 aromatic heterocycles. The predicted octanol–water partition coefficient (Wildman–Crippen LogP) is 2.45. The molecule has 122 valence electrons. The molecule has 0 bridgehead atoms. The van der Waals surface area contributed by atoms with Crippen molar-refractivity contribution in [2.24, 2.45) is 0 Å². The lowest BCUT2D eigenvalue weighted by atomic mass is 10.2. The summed E-state index contributed by atoms with van der Waals surface area (Å²) in [7, 11) is 0. The molecule has 3 rings (SSSR count). The number of carbonyl (C=O) groups excluding carboxylic acids is 1. The van der Waals surface area contributed by atoms with Gasteiger partial charge in [0.05, 0.1) is 0 Å². The highest BCUT2D eigenvalue weighted by atomic mass is 35.5. The number of nitrogens with one attached hydrogen (secondary N) is 1. The van der Waals surface area contributed by atoms with Gasteiger partial charge in [-0.05, 0) is 47.2 Å². The number of amides is 1. The van der Waals surface area contributed by atoms with E-state index in [1.807, 2.05) is 0 Å². The second-order valence-electron chi connectivity index (χ2n) is 5.05.